The number of nitrogens with zero attached hydrogens (tertiary/aromatic N) is 1. The van der Waals surface area contributed by atoms with Gasteiger partial charge in [-0.05, 0) is 55.8 Å². The van der Waals surface area contributed by atoms with E-state index in [1.54, 1.807) is 39.2 Å². The fourth-order valence-electron chi connectivity index (χ4n) is 2.52. The zero-order chi connectivity index (χ0) is 21.6. The molecular formula is C22H23F2NO4. The van der Waals surface area contributed by atoms with Gasteiger partial charge >= 0.3 is 0 Å². The number of halogens is 2. The summed E-state index contributed by atoms with van der Waals surface area (Å²) in [5.74, 6) is -1.91. The van der Waals surface area contributed by atoms with E-state index in [1.165, 1.54) is 23.1 Å². The Morgan fingerprint density at radius 1 is 1.07 bits per heavy atom. The summed E-state index contributed by atoms with van der Waals surface area (Å²) < 4.78 is 37.6. The van der Waals surface area contributed by atoms with Crippen molar-refractivity contribution in [1.29, 1.82) is 0 Å². The first-order valence-corrected chi connectivity index (χ1v) is 9.05. The van der Waals surface area contributed by atoms with Gasteiger partial charge in [0.1, 0.15) is 0 Å². The Bertz CT molecular complexity index is 925. The third-order valence-electron chi connectivity index (χ3n) is 3.99. The van der Waals surface area contributed by atoms with Crippen molar-refractivity contribution < 1.29 is 27.8 Å². The van der Waals surface area contributed by atoms with Gasteiger partial charge in [0.25, 0.3) is 5.91 Å². The van der Waals surface area contributed by atoms with Crippen LogP contribution in [0.25, 0.3) is 6.08 Å². The Morgan fingerprint density at radius 2 is 1.79 bits per heavy atom. The Kier molecular flexibility index (Phi) is 7.47. The van der Waals surface area contributed by atoms with Gasteiger partial charge < -0.3 is 14.4 Å². The highest BCUT2D eigenvalue weighted by atomic mass is 19.2. The van der Waals surface area contributed by atoms with Crippen molar-refractivity contribution in [2.24, 2.45) is 0 Å². The number of ketones is 1. The van der Waals surface area contributed by atoms with Crippen molar-refractivity contribution in [2.45, 2.75) is 20.0 Å². The second kappa shape index (κ2) is 9.82. The van der Waals surface area contributed by atoms with E-state index in [1.807, 2.05) is 6.92 Å². The van der Waals surface area contributed by atoms with E-state index in [2.05, 4.69) is 0 Å². The number of allylic oxidation sites excluding steroid dienone is 1. The van der Waals surface area contributed by atoms with E-state index in [4.69, 9.17) is 9.47 Å². The van der Waals surface area contributed by atoms with E-state index in [-0.39, 0.29) is 11.5 Å². The molecule has 0 aromatic heterocycles. The molecule has 2 aromatic carbocycles. The lowest BCUT2D eigenvalue weighted by molar-refractivity contribution is -0.135. The number of hydrogen-bond donors (Lipinski definition) is 0. The van der Waals surface area contributed by atoms with Crippen molar-refractivity contribution in [3.8, 4) is 11.5 Å². The molecule has 0 saturated heterocycles. The van der Waals surface area contributed by atoms with Crippen LogP contribution in [0.3, 0.4) is 0 Å². The minimum atomic E-state index is -1.08. The molecule has 0 aliphatic rings. The Morgan fingerprint density at radius 3 is 2.41 bits per heavy atom. The molecule has 29 heavy (non-hydrogen) atoms. The van der Waals surface area contributed by atoms with Crippen molar-refractivity contribution in [3.63, 3.8) is 0 Å². The van der Waals surface area contributed by atoms with Gasteiger partial charge in [0.05, 0.1) is 6.61 Å². The number of benzene rings is 2. The molecule has 2 rings (SSSR count). The smallest absolute Gasteiger partial charge is 0.262 e. The maximum absolute atomic E-state index is 13.3. The van der Waals surface area contributed by atoms with Crippen molar-refractivity contribution in [1.82, 2.24) is 4.90 Å². The highest BCUT2D eigenvalue weighted by Crippen LogP contribution is 2.30. The SMILES string of the molecule is CCOc1cc(/C=C/C(=O)c2ccc(F)c(F)c2)ccc1O[C@@H](C)C(=O)N(C)C. The van der Waals surface area contributed by atoms with Crippen LogP contribution in [0, 0.1) is 11.6 Å². The molecule has 7 heteroatoms. The van der Waals surface area contributed by atoms with Gasteiger partial charge in [0.15, 0.2) is 35.0 Å². The van der Waals surface area contributed by atoms with Crippen molar-refractivity contribution >= 4 is 17.8 Å². The largest absolute Gasteiger partial charge is 0.490 e. The number of rotatable bonds is 8. The summed E-state index contributed by atoms with van der Waals surface area (Å²) in [6.07, 6.45) is 2.10. The number of ether oxygens (including phenoxy) is 2. The van der Waals surface area contributed by atoms with Gasteiger partial charge in [-0.25, -0.2) is 8.78 Å². The van der Waals surface area contributed by atoms with E-state index >= 15 is 0 Å². The minimum absolute atomic E-state index is 0.0427. The molecule has 2 aromatic rings. The van der Waals surface area contributed by atoms with Gasteiger partial charge in [-0.1, -0.05) is 12.1 Å². The molecule has 0 unspecified atom stereocenters. The lowest BCUT2D eigenvalue weighted by Crippen LogP contribution is -2.35. The van der Waals surface area contributed by atoms with E-state index < -0.39 is 23.5 Å². The predicted molar refractivity (Wildman–Crippen MR) is 106 cm³/mol. The van der Waals surface area contributed by atoms with Crippen LogP contribution in [0.4, 0.5) is 8.78 Å². The zero-order valence-electron chi connectivity index (χ0n) is 16.7. The van der Waals surface area contributed by atoms with Crippen molar-refractivity contribution in [2.75, 3.05) is 20.7 Å². The third-order valence-corrected chi connectivity index (χ3v) is 3.99. The van der Waals surface area contributed by atoms with Gasteiger partial charge in [-0.2, -0.15) is 0 Å². The standard InChI is InChI=1S/C22H23F2NO4/c1-5-28-21-12-15(7-11-20(21)29-14(2)22(27)25(3)4)6-10-19(26)16-8-9-17(23)18(24)13-16/h6-14H,5H2,1-4H3/b10-6+/t14-/m0/s1. The molecule has 0 radical (unpaired) electrons. The number of carbonyl (C=O) groups is 2. The first-order valence-electron chi connectivity index (χ1n) is 9.05. The summed E-state index contributed by atoms with van der Waals surface area (Å²) in [6, 6.07) is 7.99. The summed E-state index contributed by atoms with van der Waals surface area (Å²) in [6.45, 7) is 3.84. The van der Waals surface area contributed by atoms with Crippen LogP contribution >= 0.6 is 0 Å². The topological polar surface area (TPSA) is 55.8 Å². The average Bonchev–Trinajstić information content (AvgIpc) is 2.69. The summed E-state index contributed by atoms with van der Waals surface area (Å²) in [5.41, 5.74) is 0.685. The van der Waals surface area contributed by atoms with Crippen LogP contribution in [-0.4, -0.2) is 43.4 Å². The van der Waals surface area contributed by atoms with Crippen LogP contribution in [-0.2, 0) is 4.79 Å². The quantitative estimate of drug-likeness (QED) is 0.492. The third kappa shape index (κ3) is 5.88. The maximum atomic E-state index is 13.3. The Balaban J connectivity index is 2.20. The summed E-state index contributed by atoms with van der Waals surface area (Å²) in [7, 11) is 3.28. The fraction of sp³-hybridized carbons (Fsp3) is 0.273. The summed E-state index contributed by atoms with van der Waals surface area (Å²) in [5, 5.41) is 0. The normalized spacial score (nSPS) is 11.9. The molecule has 0 saturated carbocycles. The van der Waals surface area contributed by atoms with Crippen LogP contribution in [0.2, 0.25) is 0 Å². The van der Waals surface area contributed by atoms with Gasteiger partial charge in [0, 0.05) is 19.7 Å². The molecule has 0 aliphatic heterocycles. The molecule has 0 fully saturated rings. The summed E-state index contributed by atoms with van der Waals surface area (Å²) >= 11 is 0. The molecule has 0 heterocycles. The van der Waals surface area contributed by atoms with Crippen LogP contribution in [0.15, 0.2) is 42.5 Å². The first-order chi connectivity index (χ1) is 13.7. The minimum Gasteiger partial charge on any atom is -0.490 e. The molecule has 0 aliphatic carbocycles. The number of hydrogen-bond acceptors (Lipinski definition) is 4. The number of amides is 1. The highest BCUT2D eigenvalue weighted by molar-refractivity contribution is 6.06. The molecule has 154 valence electrons. The van der Waals surface area contributed by atoms with E-state index in [0.29, 0.717) is 23.7 Å². The van der Waals surface area contributed by atoms with Gasteiger partial charge in [-0.3, -0.25) is 9.59 Å². The Hall–Kier alpha value is -3.22. The molecule has 5 nitrogen and oxygen atoms in total. The second-order valence-corrected chi connectivity index (χ2v) is 6.46. The van der Waals surface area contributed by atoms with E-state index in [0.717, 1.165) is 12.1 Å². The monoisotopic (exact) mass is 403 g/mol. The lowest BCUT2D eigenvalue weighted by atomic mass is 10.1. The van der Waals surface area contributed by atoms with Crippen LogP contribution in [0.1, 0.15) is 29.8 Å². The first kappa shape index (κ1) is 22.1. The molecule has 0 spiro atoms. The lowest BCUT2D eigenvalue weighted by Gasteiger charge is -2.20. The van der Waals surface area contributed by atoms with Crippen molar-refractivity contribution in [3.05, 3.63) is 65.2 Å². The predicted octanol–water partition coefficient (Wildman–Crippen LogP) is 4.12. The average molecular weight is 403 g/mol. The molecule has 0 N–H and O–H groups in total. The molecular weight excluding hydrogens is 380 g/mol. The van der Waals surface area contributed by atoms with Crippen LogP contribution < -0.4 is 9.47 Å². The van der Waals surface area contributed by atoms with Crippen LogP contribution in [0.5, 0.6) is 11.5 Å². The number of carbonyl (C=O) groups excluding carboxylic acids is 2. The number of likely N-dealkylation sites (N-methyl/N-ethyl adjacent to an activating group) is 1. The maximum Gasteiger partial charge on any atom is 0.262 e. The highest BCUT2D eigenvalue weighted by Gasteiger charge is 2.18. The fourth-order valence-corrected chi connectivity index (χ4v) is 2.52. The molecule has 1 amide bonds. The Labute approximate surface area is 168 Å². The second-order valence-electron chi connectivity index (χ2n) is 6.46. The van der Waals surface area contributed by atoms with Gasteiger partial charge in [-0.15, -0.1) is 0 Å². The summed E-state index contributed by atoms with van der Waals surface area (Å²) in [4.78, 5) is 25.6. The molecule has 1 atom stereocenters. The van der Waals surface area contributed by atoms with E-state index in [9.17, 15) is 18.4 Å². The zero-order valence-corrected chi connectivity index (χ0v) is 16.7. The van der Waals surface area contributed by atoms with Gasteiger partial charge in [0.2, 0.25) is 0 Å². The molecule has 0 bridgehead atoms.